The molecule has 4 N–H and O–H groups in total. The van der Waals surface area contributed by atoms with Crippen molar-refractivity contribution >= 4 is 12.0 Å². The number of amides is 2. The highest BCUT2D eigenvalue weighted by Crippen LogP contribution is 2.61. The number of methoxy groups -OCH3 is 1. The van der Waals surface area contributed by atoms with E-state index in [2.05, 4.69) is 17.6 Å². The predicted molar refractivity (Wildman–Crippen MR) is 144 cm³/mol. The fourth-order valence-corrected chi connectivity index (χ4v) is 7.57. The maximum atomic E-state index is 13.0. The number of hydrogen-bond donors (Lipinski definition) is 4. The Morgan fingerprint density at radius 2 is 1.74 bits per heavy atom. The molecule has 0 saturated heterocycles. The van der Waals surface area contributed by atoms with Crippen molar-refractivity contribution in [2.24, 2.45) is 22.7 Å². The van der Waals surface area contributed by atoms with Gasteiger partial charge in [0.2, 0.25) is 5.91 Å². The summed E-state index contributed by atoms with van der Waals surface area (Å²) < 4.78 is 11.2. The van der Waals surface area contributed by atoms with Crippen LogP contribution in [0.4, 0.5) is 4.79 Å². The summed E-state index contributed by atoms with van der Waals surface area (Å²) in [4.78, 5) is 25.8. The molecule has 6 atom stereocenters. The normalized spacial score (nSPS) is 33.6. The number of ether oxygens (including phenoxy) is 2. The molecular formula is C30H46N2O6. The molecule has 1 aromatic rings. The summed E-state index contributed by atoms with van der Waals surface area (Å²) in [5, 5.41) is 27.7. The quantitative estimate of drug-likeness (QED) is 0.398. The van der Waals surface area contributed by atoms with E-state index in [1.54, 1.807) is 7.11 Å². The number of fused-ring (bicyclic) bond motifs is 1. The van der Waals surface area contributed by atoms with Gasteiger partial charge >= 0.3 is 6.09 Å². The maximum absolute atomic E-state index is 13.0. The molecule has 4 rings (SSSR count). The zero-order valence-corrected chi connectivity index (χ0v) is 23.2. The molecule has 38 heavy (non-hydrogen) atoms. The van der Waals surface area contributed by atoms with Crippen molar-refractivity contribution in [3.63, 3.8) is 0 Å². The first-order valence-electron chi connectivity index (χ1n) is 14.4. The molecule has 3 aliphatic rings. The Morgan fingerprint density at radius 1 is 1.03 bits per heavy atom. The molecule has 3 aliphatic carbocycles. The monoisotopic (exact) mass is 530 g/mol. The van der Waals surface area contributed by atoms with Crippen LogP contribution in [0.2, 0.25) is 0 Å². The van der Waals surface area contributed by atoms with Crippen LogP contribution in [-0.4, -0.2) is 54.2 Å². The highest BCUT2D eigenvalue weighted by molar-refractivity contribution is 5.76. The SMILES string of the molecule is COc1ccc(CNC(=O)CC2C(O)CCC3C(C)(CO)C(OC(=O)NC4CCCCC4)CCC23C)cc1. The summed E-state index contributed by atoms with van der Waals surface area (Å²) in [5.74, 6) is 0.453. The minimum absolute atomic E-state index is 0.0176. The molecule has 0 heterocycles. The minimum atomic E-state index is -0.644. The molecule has 0 aliphatic heterocycles. The van der Waals surface area contributed by atoms with E-state index >= 15 is 0 Å². The molecule has 6 unspecified atom stereocenters. The molecule has 8 nitrogen and oxygen atoms in total. The molecule has 212 valence electrons. The summed E-state index contributed by atoms with van der Waals surface area (Å²) in [6.07, 6.45) is 6.88. The topological polar surface area (TPSA) is 117 Å². The van der Waals surface area contributed by atoms with Gasteiger partial charge in [0.1, 0.15) is 11.9 Å². The van der Waals surface area contributed by atoms with Crippen molar-refractivity contribution < 1.29 is 29.3 Å². The first-order chi connectivity index (χ1) is 18.2. The second-order valence-electron chi connectivity index (χ2n) is 12.2. The van der Waals surface area contributed by atoms with Gasteiger partial charge in [-0.3, -0.25) is 4.79 Å². The van der Waals surface area contributed by atoms with Crippen molar-refractivity contribution in [1.82, 2.24) is 10.6 Å². The number of aliphatic hydroxyl groups is 2. The molecule has 0 radical (unpaired) electrons. The zero-order chi connectivity index (χ0) is 27.3. The highest BCUT2D eigenvalue weighted by atomic mass is 16.6. The first kappa shape index (κ1) is 28.7. The van der Waals surface area contributed by atoms with Crippen LogP contribution in [0, 0.1) is 22.7 Å². The van der Waals surface area contributed by atoms with E-state index in [1.807, 2.05) is 31.2 Å². The molecule has 0 aromatic heterocycles. The zero-order valence-electron chi connectivity index (χ0n) is 23.2. The van der Waals surface area contributed by atoms with Gasteiger partial charge in [0.25, 0.3) is 0 Å². The number of rotatable bonds is 8. The Morgan fingerprint density at radius 3 is 2.39 bits per heavy atom. The number of benzene rings is 1. The van der Waals surface area contributed by atoms with E-state index in [-0.39, 0.29) is 42.2 Å². The van der Waals surface area contributed by atoms with Crippen LogP contribution in [0.15, 0.2) is 24.3 Å². The molecule has 2 amide bonds. The van der Waals surface area contributed by atoms with Gasteiger partial charge in [0.05, 0.1) is 19.8 Å². The summed E-state index contributed by atoms with van der Waals surface area (Å²) in [5.41, 5.74) is -0.0225. The van der Waals surface area contributed by atoms with E-state index in [9.17, 15) is 19.8 Å². The third-order valence-corrected chi connectivity index (χ3v) is 9.91. The van der Waals surface area contributed by atoms with Crippen molar-refractivity contribution in [1.29, 1.82) is 0 Å². The molecular weight excluding hydrogens is 484 g/mol. The largest absolute Gasteiger partial charge is 0.497 e. The van der Waals surface area contributed by atoms with Crippen LogP contribution in [0.1, 0.15) is 83.6 Å². The summed E-state index contributed by atoms with van der Waals surface area (Å²) in [7, 11) is 1.62. The third kappa shape index (κ3) is 6.12. The van der Waals surface area contributed by atoms with Crippen LogP contribution in [0.25, 0.3) is 0 Å². The summed E-state index contributed by atoms with van der Waals surface area (Å²) in [6.45, 7) is 4.45. The lowest BCUT2D eigenvalue weighted by Gasteiger charge is -2.60. The van der Waals surface area contributed by atoms with Gasteiger partial charge in [0, 0.05) is 24.4 Å². The van der Waals surface area contributed by atoms with E-state index < -0.39 is 23.7 Å². The second kappa shape index (κ2) is 12.2. The van der Waals surface area contributed by atoms with Gasteiger partial charge < -0.3 is 30.3 Å². The second-order valence-corrected chi connectivity index (χ2v) is 12.2. The summed E-state index contributed by atoms with van der Waals surface area (Å²) >= 11 is 0. The first-order valence-corrected chi connectivity index (χ1v) is 14.4. The number of alkyl carbamates (subject to hydrolysis) is 1. The third-order valence-electron chi connectivity index (χ3n) is 9.91. The van der Waals surface area contributed by atoms with Gasteiger partial charge in [0.15, 0.2) is 0 Å². The fourth-order valence-electron chi connectivity index (χ4n) is 7.57. The molecule has 0 spiro atoms. The van der Waals surface area contributed by atoms with Gasteiger partial charge in [-0.2, -0.15) is 0 Å². The van der Waals surface area contributed by atoms with E-state index in [1.165, 1.54) is 6.42 Å². The van der Waals surface area contributed by atoms with Crippen molar-refractivity contribution in [3.8, 4) is 5.75 Å². The maximum Gasteiger partial charge on any atom is 0.407 e. The number of nitrogens with one attached hydrogen (secondary N) is 2. The van der Waals surface area contributed by atoms with E-state index in [0.717, 1.165) is 49.8 Å². The predicted octanol–water partition coefficient (Wildman–Crippen LogP) is 4.31. The Kier molecular flexibility index (Phi) is 9.24. The lowest BCUT2D eigenvalue weighted by Crippen LogP contribution is -2.61. The van der Waals surface area contributed by atoms with Crippen molar-refractivity contribution in [2.75, 3.05) is 13.7 Å². The number of carbonyl (C=O) groups excluding carboxylic acids is 2. The minimum Gasteiger partial charge on any atom is -0.497 e. The highest BCUT2D eigenvalue weighted by Gasteiger charge is 2.60. The average Bonchev–Trinajstić information content (AvgIpc) is 2.92. The molecule has 0 bridgehead atoms. The van der Waals surface area contributed by atoms with Crippen LogP contribution in [-0.2, 0) is 16.1 Å². The van der Waals surface area contributed by atoms with Gasteiger partial charge in [-0.25, -0.2) is 4.79 Å². The van der Waals surface area contributed by atoms with Gasteiger partial charge in [-0.15, -0.1) is 0 Å². The Balaban J connectivity index is 1.40. The Hall–Kier alpha value is -2.32. The molecule has 1 aromatic carbocycles. The van der Waals surface area contributed by atoms with Crippen LogP contribution in [0.5, 0.6) is 5.75 Å². The Labute approximate surface area is 226 Å². The molecule has 3 saturated carbocycles. The van der Waals surface area contributed by atoms with Gasteiger partial charge in [-0.1, -0.05) is 45.2 Å². The number of carbonyl (C=O) groups is 2. The standard InChI is InChI=1S/C30H46N2O6/c1-29-16-15-26(38-28(36)32-21-7-5-4-6-8-21)30(2,19-33)25(29)14-13-24(34)23(29)17-27(35)31-18-20-9-11-22(37-3)12-10-20/h9-12,21,23-26,33-34H,4-8,13-19H2,1-3H3,(H,31,35)(H,32,36). The number of aliphatic hydroxyl groups excluding tert-OH is 2. The summed E-state index contributed by atoms with van der Waals surface area (Å²) in [6, 6.07) is 7.73. The molecule has 8 heteroatoms. The van der Waals surface area contributed by atoms with E-state index in [0.29, 0.717) is 19.4 Å². The number of hydrogen-bond acceptors (Lipinski definition) is 6. The Bertz CT molecular complexity index is 949. The van der Waals surface area contributed by atoms with Crippen LogP contribution >= 0.6 is 0 Å². The van der Waals surface area contributed by atoms with Crippen LogP contribution in [0.3, 0.4) is 0 Å². The van der Waals surface area contributed by atoms with Crippen molar-refractivity contribution in [2.45, 2.75) is 103 Å². The fraction of sp³-hybridized carbons (Fsp3) is 0.733. The average molecular weight is 531 g/mol. The van der Waals surface area contributed by atoms with Gasteiger partial charge in [-0.05, 0) is 73.5 Å². The van der Waals surface area contributed by atoms with Crippen molar-refractivity contribution in [3.05, 3.63) is 29.8 Å². The molecule has 3 fully saturated rings. The van der Waals surface area contributed by atoms with Crippen LogP contribution < -0.4 is 15.4 Å². The lowest BCUT2D eigenvalue weighted by atomic mass is 9.46. The van der Waals surface area contributed by atoms with E-state index in [4.69, 9.17) is 9.47 Å². The smallest absolute Gasteiger partial charge is 0.407 e. The lowest BCUT2D eigenvalue weighted by molar-refractivity contribution is -0.186.